The SMILES string of the molecule is Cc1ccc(N)cc1NC(=O)[C@@H]1CSC(=O)N1.Cl. The Kier molecular flexibility index (Phi) is 4.86. The highest BCUT2D eigenvalue weighted by atomic mass is 35.5. The Morgan fingerprint density at radius 3 is 2.89 bits per heavy atom. The van der Waals surface area contributed by atoms with Crippen molar-refractivity contribution in [2.75, 3.05) is 16.8 Å². The van der Waals surface area contributed by atoms with E-state index in [0.717, 1.165) is 17.3 Å². The quantitative estimate of drug-likeness (QED) is 0.724. The Morgan fingerprint density at radius 2 is 2.28 bits per heavy atom. The van der Waals surface area contributed by atoms with Crippen LogP contribution in [-0.4, -0.2) is 22.9 Å². The maximum Gasteiger partial charge on any atom is 0.279 e. The second-order valence-electron chi connectivity index (χ2n) is 3.86. The molecule has 1 heterocycles. The molecule has 0 unspecified atom stereocenters. The van der Waals surface area contributed by atoms with Crippen LogP contribution in [-0.2, 0) is 4.79 Å². The number of anilines is 2. The minimum Gasteiger partial charge on any atom is -0.399 e. The number of benzene rings is 1. The van der Waals surface area contributed by atoms with Crippen molar-refractivity contribution in [1.29, 1.82) is 0 Å². The van der Waals surface area contributed by atoms with E-state index in [0.29, 0.717) is 17.1 Å². The van der Waals surface area contributed by atoms with Gasteiger partial charge in [0.1, 0.15) is 6.04 Å². The van der Waals surface area contributed by atoms with E-state index in [1.54, 1.807) is 12.1 Å². The lowest BCUT2D eigenvalue weighted by molar-refractivity contribution is -0.117. The molecule has 0 radical (unpaired) electrons. The van der Waals surface area contributed by atoms with E-state index in [1.807, 2.05) is 13.0 Å². The van der Waals surface area contributed by atoms with Crippen molar-refractivity contribution < 1.29 is 9.59 Å². The van der Waals surface area contributed by atoms with Crippen molar-refractivity contribution in [1.82, 2.24) is 5.32 Å². The lowest BCUT2D eigenvalue weighted by Gasteiger charge is -2.12. The van der Waals surface area contributed by atoms with E-state index in [2.05, 4.69) is 10.6 Å². The summed E-state index contributed by atoms with van der Waals surface area (Å²) in [5.41, 5.74) is 7.86. The molecule has 0 bridgehead atoms. The molecule has 1 saturated heterocycles. The zero-order chi connectivity index (χ0) is 12.4. The van der Waals surface area contributed by atoms with Gasteiger partial charge in [-0.25, -0.2) is 0 Å². The van der Waals surface area contributed by atoms with E-state index in [9.17, 15) is 9.59 Å². The molecular formula is C11H14ClN3O2S. The van der Waals surface area contributed by atoms with Gasteiger partial charge in [0.25, 0.3) is 5.24 Å². The Morgan fingerprint density at radius 1 is 1.56 bits per heavy atom. The molecule has 0 aromatic heterocycles. The lowest BCUT2D eigenvalue weighted by Crippen LogP contribution is -2.38. The van der Waals surface area contributed by atoms with Crippen molar-refractivity contribution >= 4 is 46.7 Å². The fourth-order valence-corrected chi connectivity index (χ4v) is 2.30. The van der Waals surface area contributed by atoms with Gasteiger partial charge >= 0.3 is 0 Å². The Labute approximate surface area is 115 Å². The summed E-state index contributed by atoms with van der Waals surface area (Å²) < 4.78 is 0. The van der Waals surface area contributed by atoms with Crippen molar-refractivity contribution in [3.63, 3.8) is 0 Å². The first kappa shape index (κ1) is 14.7. The number of hydrogen-bond acceptors (Lipinski definition) is 4. The molecule has 0 spiro atoms. The minimum atomic E-state index is -0.465. The predicted octanol–water partition coefficient (Wildman–Crippen LogP) is 1.76. The Balaban J connectivity index is 0.00000162. The van der Waals surface area contributed by atoms with E-state index in [1.165, 1.54) is 0 Å². The molecule has 4 N–H and O–H groups in total. The fraction of sp³-hybridized carbons (Fsp3) is 0.273. The Bertz CT molecular complexity index is 481. The highest BCUT2D eigenvalue weighted by molar-refractivity contribution is 8.14. The van der Waals surface area contributed by atoms with Gasteiger partial charge in [-0.2, -0.15) is 0 Å². The first-order valence-corrected chi connectivity index (χ1v) is 6.15. The van der Waals surface area contributed by atoms with Gasteiger partial charge in [-0.3, -0.25) is 9.59 Å². The third-order valence-corrected chi connectivity index (χ3v) is 3.39. The van der Waals surface area contributed by atoms with E-state index >= 15 is 0 Å². The van der Waals surface area contributed by atoms with Gasteiger partial charge in [0.2, 0.25) is 5.91 Å². The van der Waals surface area contributed by atoms with Crippen LogP contribution in [0.2, 0.25) is 0 Å². The van der Waals surface area contributed by atoms with Gasteiger partial charge in [-0.1, -0.05) is 17.8 Å². The van der Waals surface area contributed by atoms with Crippen LogP contribution < -0.4 is 16.4 Å². The van der Waals surface area contributed by atoms with Crippen LogP contribution in [0, 0.1) is 6.92 Å². The van der Waals surface area contributed by atoms with Gasteiger partial charge < -0.3 is 16.4 Å². The smallest absolute Gasteiger partial charge is 0.279 e. The number of hydrogen-bond donors (Lipinski definition) is 3. The van der Waals surface area contributed by atoms with Gasteiger partial charge in [0, 0.05) is 17.1 Å². The predicted molar refractivity (Wildman–Crippen MR) is 76.2 cm³/mol. The van der Waals surface area contributed by atoms with Crippen molar-refractivity contribution in [2.24, 2.45) is 0 Å². The molecule has 1 aliphatic heterocycles. The summed E-state index contributed by atoms with van der Waals surface area (Å²) in [6.07, 6.45) is 0. The number of halogens is 1. The van der Waals surface area contributed by atoms with Crippen LogP contribution in [0.5, 0.6) is 0 Å². The summed E-state index contributed by atoms with van der Waals surface area (Å²) in [4.78, 5) is 22.8. The van der Waals surface area contributed by atoms with E-state index in [-0.39, 0.29) is 23.6 Å². The average molecular weight is 288 g/mol. The summed E-state index contributed by atoms with van der Waals surface area (Å²) in [5, 5.41) is 5.20. The second-order valence-corrected chi connectivity index (χ2v) is 4.85. The Hall–Kier alpha value is -1.40. The number of nitrogens with two attached hydrogens (primary N) is 1. The number of aryl methyl sites for hydroxylation is 1. The molecule has 2 amide bonds. The average Bonchev–Trinajstić information content (AvgIpc) is 2.70. The largest absolute Gasteiger partial charge is 0.399 e. The standard InChI is InChI=1S/C11H13N3O2S.ClH/c1-6-2-3-7(12)4-8(6)13-10(15)9-5-17-11(16)14-9;/h2-4,9H,5,12H2,1H3,(H,13,15)(H,14,16);1H/t9-;/m0./s1. The molecule has 1 fully saturated rings. The monoisotopic (exact) mass is 287 g/mol. The summed E-state index contributed by atoms with van der Waals surface area (Å²) in [6.45, 7) is 1.89. The number of carbonyl (C=O) groups is 2. The molecule has 0 aliphatic carbocycles. The van der Waals surface area contributed by atoms with Crippen LogP contribution in [0.15, 0.2) is 18.2 Å². The highest BCUT2D eigenvalue weighted by Gasteiger charge is 2.28. The maximum atomic E-state index is 11.8. The number of rotatable bonds is 2. The third-order valence-electron chi connectivity index (χ3n) is 2.51. The molecule has 0 saturated carbocycles. The topological polar surface area (TPSA) is 84.2 Å². The van der Waals surface area contributed by atoms with Crippen molar-refractivity contribution in [3.8, 4) is 0 Å². The van der Waals surface area contributed by atoms with Crippen LogP contribution in [0.25, 0.3) is 0 Å². The molecule has 1 aromatic carbocycles. The van der Waals surface area contributed by atoms with E-state index < -0.39 is 6.04 Å². The summed E-state index contributed by atoms with van der Waals surface area (Å²) in [5.74, 6) is 0.253. The lowest BCUT2D eigenvalue weighted by atomic mass is 10.1. The van der Waals surface area contributed by atoms with Crippen molar-refractivity contribution in [3.05, 3.63) is 23.8 Å². The van der Waals surface area contributed by atoms with Crippen LogP contribution in [0.1, 0.15) is 5.56 Å². The van der Waals surface area contributed by atoms with Crippen LogP contribution >= 0.6 is 24.2 Å². The van der Waals surface area contributed by atoms with Crippen molar-refractivity contribution in [2.45, 2.75) is 13.0 Å². The number of nitrogens with one attached hydrogen (secondary N) is 2. The normalized spacial score (nSPS) is 17.8. The van der Waals surface area contributed by atoms with Gasteiger partial charge in [0.15, 0.2) is 0 Å². The first-order valence-electron chi connectivity index (χ1n) is 5.16. The highest BCUT2D eigenvalue weighted by Crippen LogP contribution is 2.20. The number of thioether (sulfide) groups is 1. The van der Waals surface area contributed by atoms with Gasteiger partial charge in [-0.15, -0.1) is 12.4 Å². The molecule has 1 atom stereocenters. The number of carbonyl (C=O) groups excluding carboxylic acids is 2. The molecular weight excluding hydrogens is 274 g/mol. The van der Waals surface area contributed by atoms with Crippen LogP contribution in [0.4, 0.5) is 16.2 Å². The first-order chi connectivity index (χ1) is 8.06. The molecule has 1 aliphatic rings. The fourth-order valence-electron chi connectivity index (χ4n) is 1.52. The maximum absolute atomic E-state index is 11.8. The van der Waals surface area contributed by atoms with E-state index in [4.69, 9.17) is 5.73 Å². The molecule has 18 heavy (non-hydrogen) atoms. The zero-order valence-corrected chi connectivity index (χ0v) is 11.4. The molecule has 5 nitrogen and oxygen atoms in total. The zero-order valence-electron chi connectivity index (χ0n) is 9.73. The second kappa shape index (κ2) is 5.97. The molecule has 1 aromatic rings. The summed E-state index contributed by atoms with van der Waals surface area (Å²) in [6, 6.07) is 4.86. The molecule has 98 valence electrons. The van der Waals surface area contributed by atoms with Gasteiger partial charge in [0.05, 0.1) is 0 Å². The third kappa shape index (κ3) is 3.30. The minimum absolute atomic E-state index is 0. The molecule has 7 heteroatoms. The summed E-state index contributed by atoms with van der Waals surface area (Å²) in [7, 11) is 0. The summed E-state index contributed by atoms with van der Waals surface area (Å²) >= 11 is 1.12. The number of nitrogen functional groups attached to an aromatic ring is 1. The van der Waals surface area contributed by atoms with Gasteiger partial charge in [-0.05, 0) is 24.6 Å². The number of amides is 2. The molecule has 2 rings (SSSR count). The van der Waals surface area contributed by atoms with Crippen LogP contribution in [0.3, 0.4) is 0 Å².